The van der Waals surface area contributed by atoms with Gasteiger partial charge in [0.15, 0.2) is 17.0 Å². The SMILES string of the molecule is COC(=O)C(C)Oc1ccc(Br)nc1Cl. The molecule has 82 valence electrons. The molecule has 1 aromatic heterocycles. The summed E-state index contributed by atoms with van der Waals surface area (Å²) in [6, 6.07) is 3.30. The van der Waals surface area contributed by atoms with E-state index in [-0.39, 0.29) is 5.15 Å². The maximum Gasteiger partial charge on any atom is 0.346 e. The van der Waals surface area contributed by atoms with Crippen LogP contribution in [0.4, 0.5) is 0 Å². The molecular formula is C9H9BrClNO3. The first-order valence-corrected chi connectivity index (χ1v) is 5.28. The van der Waals surface area contributed by atoms with Gasteiger partial charge in [-0.3, -0.25) is 0 Å². The van der Waals surface area contributed by atoms with Crippen LogP contribution in [0.1, 0.15) is 6.92 Å². The van der Waals surface area contributed by atoms with Crippen molar-refractivity contribution in [1.29, 1.82) is 0 Å². The minimum Gasteiger partial charge on any atom is -0.476 e. The average Bonchev–Trinajstić information content (AvgIpc) is 2.20. The molecule has 4 nitrogen and oxygen atoms in total. The Bertz CT molecular complexity index is 372. The van der Waals surface area contributed by atoms with Crippen molar-refractivity contribution in [2.75, 3.05) is 7.11 Å². The molecule has 6 heteroatoms. The van der Waals surface area contributed by atoms with E-state index in [1.54, 1.807) is 19.1 Å². The van der Waals surface area contributed by atoms with E-state index in [1.807, 2.05) is 0 Å². The molecule has 1 rings (SSSR count). The fourth-order valence-corrected chi connectivity index (χ4v) is 1.50. The zero-order chi connectivity index (χ0) is 11.4. The van der Waals surface area contributed by atoms with Crippen LogP contribution >= 0.6 is 27.5 Å². The Hall–Kier alpha value is -0.810. The molecule has 1 atom stereocenters. The van der Waals surface area contributed by atoms with Crippen LogP contribution in [0.3, 0.4) is 0 Å². The predicted octanol–water partition coefficient (Wildman–Crippen LogP) is 2.44. The summed E-state index contributed by atoms with van der Waals surface area (Å²) >= 11 is 8.97. The van der Waals surface area contributed by atoms with E-state index in [0.717, 1.165) is 0 Å². The maximum atomic E-state index is 11.1. The predicted molar refractivity (Wildman–Crippen MR) is 59.1 cm³/mol. The molecule has 1 aromatic rings. The van der Waals surface area contributed by atoms with Gasteiger partial charge in [0.25, 0.3) is 0 Å². The van der Waals surface area contributed by atoms with Crippen LogP contribution in [0.15, 0.2) is 16.7 Å². The van der Waals surface area contributed by atoms with Gasteiger partial charge in [0.1, 0.15) is 4.60 Å². The smallest absolute Gasteiger partial charge is 0.346 e. The van der Waals surface area contributed by atoms with E-state index in [0.29, 0.717) is 10.4 Å². The molecule has 0 saturated heterocycles. The Labute approximate surface area is 101 Å². The van der Waals surface area contributed by atoms with Crippen LogP contribution in [-0.4, -0.2) is 24.2 Å². The third kappa shape index (κ3) is 3.35. The van der Waals surface area contributed by atoms with Gasteiger partial charge in [-0.1, -0.05) is 11.6 Å². The number of rotatable bonds is 3. The molecule has 0 spiro atoms. The van der Waals surface area contributed by atoms with Crippen molar-refractivity contribution in [2.24, 2.45) is 0 Å². The van der Waals surface area contributed by atoms with E-state index >= 15 is 0 Å². The topological polar surface area (TPSA) is 48.4 Å². The highest BCUT2D eigenvalue weighted by Crippen LogP contribution is 2.25. The maximum absolute atomic E-state index is 11.1. The summed E-state index contributed by atoms with van der Waals surface area (Å²) in [5.74, 6) is -0.119. The number of aromatic nitrogens is 1. The van der Waals surface area contributed by atoms with E-state index < -0.39 is 12.1 Å². The first-order valence-electron chi connectivity index (χ1n) is 4.11. The number of methoxy groups -OCH3 is 1. The molecule has 0 aliphatic heterocycles. The van der Waals surface area contributed by atoms with E-state index in [4.69, 9.17) is 16.3 Å². The van der Waals surface area contributed by atoms with Crippen molar-refractivity contribution in [3.8, 4) is 5.75 Å². The largest absolute Gasteiger partial charge is 0.476 e. The highest BCUT2D eigenvalue weighted by molar-refractivity contribution is 9.10. The molecule has 0 fully saturated rings. The lowest BCUT2D eigenvalue weighted by Crippen LogP contribution is -2.25. The first-order chi connectivity index (χ1) is 7.04. The summed E-state index contributed by atoms with van der Waals surface area (Å²) in [5.41, 5.74) is 0. The molecule has 0 saturated carbocycles. The number of carbonyl (C=O) groups excluding carboxylic acids is 1. The highest BCUT2D eigenvalue weighted by atomic mass is 79.9. The molecule has 0 aliphatic rings. The average molecular weight is 295 g/mol. The number of carbonyl (C=O) groups is 1. The van der Waals surface area contributed by atoms with Crippen molar-refractivity contribution in [1.82, 2.24) is 4.98 Å². The fourth-order valence-electron chi connectivity index (χ4n) is 0.892. The van der Waals surface area contributed by atoms with E-state index in [1.165, 1.54) is 7.11 Å². The highest BCUT2D eigenvalue weighted by Gasteiger charge is 2.16. The second-order valence-corrected chi connectivity index (χ2v) is 3.88. The summed E-state index contributed by atoms with van der Waals surface area (Å²) in [5, 5.41) is 0.195. The molecular weight excluding hydrogens is 285 g/mol. The number of hydrogen-bond acceptors (Lipinski definition) is 4. The first kappa shape index (κ1) is 12.3. The molecule has 0 bridgehead atoms. The van der Waals surface area contributed by atoms with Crippen LogP contribution in [0.2, 0.25) is 5.15 Å². The number of nitrogens with zero attached hydrogens (tertiary/aromatic N) is 1. The summed E-state index contributed by atoms with van der Waals surface area (Å²) in [4.78, 5) is 15.0. The molecule has 0 amide bonds. The third-order valence-electron chi connectivity index (χ3n) is 1.62. The Morgan fingerprint density at radius 3 is 2.80 bits per heavy atom. The van der Waals surface area contributed by atoms with Crippen molar-refractivity contribution in [3.05, 3.63) is 21.9 Å². The van der Waals surface area contributed by atoms with Gasteiger partial charge < -0.3 is 9.47 Å². The Balaban J connectivity index is 2.76. The van der Waals surface area contributed by atoms with Crippen LogP contribution in [0.5, 0.6) is 5.75 Å². The van der Waals surface area contributed by atoms with E-state index in [2.05, 4.69) is 25.7 Å². The van der Waals surface area contributed by atoms with Crippen LogP contribution in [-0.2, 0) is 9.53 Å². The van der Waals surface area contributed by atoms with Gasteiger partial charge in [-0.25, -0.2) is 9.78 Å². The molecule has 1 heterocycles. The number of pyridine rings is 1. The van der Waals surface area contributed by atoms with Crippen LogP contribution < -0.4 is 4.74 Å². The molecule has 0 aliphatic carbocycles. The monoisotopic (exact) mass is 293 g/mol. The summed E-state index contributed by atoms with van der Waals surface area (Å²) in [6.45, 7) is 1.57. The van der Waals surface area contributed by atoms with Gasteiger partial charge in [-0.05, 0) is 35.0 Å². The standard InChI is InChI=1S/C9H9BrClNO3/c1-5(9(13)14-2)15-6-3-4-7(10)12-8(6)11/h3-5H,1-2H3. The zero-order valence-electron chi connectivity index (χ0n) is 8.16. The Kier molecular flexibility index (Phi) is 4.35. The van der Waals surface area contributed by atoms with Gasteiger partial charge in [0.2, 0.25) is 0 Å². The van der Waals surface area contributed by atoms with E-state index in [9.17, 15) is 4.79 Å². The lowest BCUT2D eigenvalue weighted by Gasteiger charge is -2.12. The van der Waals surface area contributed by atoms with Gasteiger partial charge in [0, 0.05) is 0 Å². The second kappa shape index (κ2) is 5.32. The Morgan fingerprint density at radius 2 is 2.27 bits per heavy atom. The second-order valence-electron chi connectivity index (χ2n) is 2.71. The number of halogens is 2. The summed E-state index contributed by atoms with van der Waals surface area (Å²) in [7, 11) is 1.30. The molecule has 0 aromatic carbocycles. The van der Waals surface area contributed by atoms with Gasteiger partial charge in [-0.15, -0.1) is 0 Å². The van der Waals surface area contributed by atoms with Crippen molar-refractivity contribution < 1.29 is 14.3 Å². The number of hydrogen-bond donors (Lipinski definition) is 0. The summed E-state index contributed by atoms with van der Waals surface area (Å²) < 4.78 is 10.4. The molecule has 0 radical (unpaired) electrons. The summed E-state index contributed by atoms with van der Waals surface area (Å²) in [6.07, 6.45) is -0.713. The van der Waals surface area contributed by atoms with Crippen molar-refractivity contribution in [3.63, 3.8) is 0 Å². The minimum absolute atomic E-state index is 0.195. The van der Waals surface area contributed by atoms with Crippen LogP contribution in [0, 0.1) is 0 Å². The normalized spacial score (nSPS) is 12.0. The van der Waals surface area contributed by atoms with Crippen LogP contribution in [0.25, 0.3) is 0 Å². The third-order valence-corrected chi connectivity index (χ3v) is 2.33. The van der Waals surface area contributed by atoms with Gasteiger partial charge in [-0.2, -0.15) is 0 Å². The lowest BCUT2D eigenvalue weighted by atomic mass is 10.4. The molecule has 1 unspecified atom stereocenters. The molecule has 15 heavy (non-hydrogen) atoms. The quantitative estimate of drug-likeness (QED) is 0.634. The lowest BCUT2D eigenvalue weighted by molar-refractivity contribution is -0.147. The zero-order valence-corrected chi connectivity index (χ0v) is 10.5. The van der Waals surface area contributed by atoms with Crippen molar-refractivity contribution in [2.45, 2.75) is 13.0 Å². The van der Waals surface area contributed by atoms with Gasteiger partial charge in [0.05, 0.1) is 7.11 Å². The fraction of sp³-hybridized carbons (Fsp3) is 0.333. The molecule has 0 N–H and O–H groups in total. The minimum atomic E-state index is -0.713. The van der Waals surface area contributed by atoms with Crippen molar-refractivity contribution >= 4 is 33.5 Å². The number of esters is 1. The number of ether oxygens (including phenoxy) is 2. The van der Waals surface area contributed by atoms with Gasteiger partial charge >= 0.3 is 5.97 Å². The Morgan fingerprint density at radius 1 is 1.60 bits per heavy atom.